The Hall–Kier alpha value is -3.12. The molecule has 166 valence electrons. The third-order valence-corrected chi connectivity index (χ3v) is 6.12. The summed E-state index contributed by atoms with van der Waals surface area (Å²) in [6.45, 7) is 3.92. The van der Waals surface area contributed by atoms with E-state index in [0.29, 0.717) is 11.1 Å². The first-order valence-corrected chi connectivity index (χ1v) is 10.7. The number of hydrogen-bond donors (Lipinski definition) is 1. The van der Waals surface area contributed by atoms with Gasteiger partial charge in [0.15, 0.2) is 0 Å². The molecule has 0 radical (unpaired) electrons. The van der Waals surface area contributed by atoms with Gasteiger partial charge in [-0.05, 0) is 54.3 Å². The average molecular weight is 438 g/mol. The van der Waals surface area contributed by atoms with E-state index in [9.17, 15) is 18.0 Å². The van der Waals surface area contributed by atoms with E-state index in [1.165, 1.54) is 17.7 Å². The highest BCUT2D eigenvalue weighted by molar-refractivity contribution is 5.95. The van der Waals surface area contributed by atoms with E-state index < -0.39 is 11.7 Å². The van der Waals surface area contributed by atoms with Gasteiger partial charge in [-0.1, -0.05) is 54.6 Å². The second kappa shape index (κ2) is 9.17. The molecule has 1 aliphatic rings. The van der Waals surface area contributed by atoms with Gasteiger partial charge >= 0.3 is 6.18 Å². The lowest BCUT2D eigenvalue weighted by Crippen LogP contribution is -2.43. The standard InChI is InChI=1S/C26H25F3N2O/c1-18-24(15-16-31(18)17-19-5-3-2-4-6-19)30-25(32)22-9-7-20(8-10-22)21-11-13-23(14-12-21)26(27,28)29/h2-14,18,24H,15-17H2,1H3,(H,30,32). The minimum atomic E-state index is -4.35. The highest BCUT2D eigenvalue weighted by Gasteiger charge is 2.32. The van der Waals surface area contributed by atoms with Crippen LogP contribution in [0.3, 0.4) is 0 Å². The molecule has 3 aromatic carbocycles. The zero-order valence-electron chi connectivity index (χ0n) is 17.8. The largest absolute Gasteiger partial charge is 0.416 e. The predicted molar refractivity (Wildman–Crippen MR) is 119 cm³/mol. The Morgan fingerprint density at radius 3 is 2.12 bits per heavy atom. The van der Waals surface area contributed by atoms with Gasteiger partial charge in [0.05, 0.1) is 5.56 Å². The fraction of sp³-hybridized carbons (Fsp3) is 0.269. The number of carbonyl (C=O) groups excluding carboxylic acids is 1. The minimum Gasteiger partial charge on any atom is -0.348 e. The van der Waals surface area contributed by atoms with Gasteiger partial charge in [-0.25, -0.2) is 0 Å². The van der Waals surface area contributed by atoms with E-state index >= 15 is 0 Å². The molecule has 1 aliphatic heterocycles. The van der Waals surface area contributed by atoms with Gasteiger partial charge in [-0.15, -0.1) is 0 Å². The molecular weight excluding hydrogens is 413 g/mol. The molecule has 1 heterocycles. The Kier molecular flexibility index (Phi) is 6.33. The van der Waals surface area contributed by atoms with Crippen LogP contribution in [0, 0.1) is 0 Å². The summed E-state index contributed by atoms with van der Waals surface area (Å²) in [4.78, 5) is 15.1. The molecule has 1 fully saturated rings. The summed E-state index contributed by atoms with van der Waals surface area (Å²) < 4.78 is 38.2. The van der Waals surface area contributed by atoms with Gasteiger partial charge in [0.1, 0.15) is 0 Å². The van der Waals surface area contributed by atoms with Crippen molar-refractivity contribution in [3.05, 3.63) is 95.6 Å². The number of nitrogens with zero attached hydrogens (tertiary/aromatic N) is 1. The molecule has 0 aromatic heterocycles. The molecule has 2 unspecified atom stereocenters. The van der Waals surface area contributed by atoms with E-state index in [1.807, 2.05) is 18.2 Å². The topological polar surface area (TPSA) is 32.3 Å². The van der Waals surface area contributed by atoms with Gasteiger partial charge in [-0.3, -0.25) is 9.69 Å². The molecule has 32 heavy (non-hydrogen) atoms. The lowest BCUT2D eigenvalue weighted by Gasteiger charge is -2.25. The van der Waals surface area contributed by atoms with E-state index in [1.54, 1.807) is 24.3 Å². The number of halogens is 3. The van der Waals surface area contributed by atoms with Crippen LogP contribution >= 0.6 is 0 Å². The minimum absolute atomic E-state index is 0.0702. The van der Waals surface area contributed by atoms with Crippen LogP contribution < -0.4 is 5.32 Å². The van der Waals surface area contributed by atoms with Crippen LogP contribution in [-0.2, 0) is 12.7 Å². The van der Waals surface area contributed by atoms with Crippen molar-refractivity contribution in [2.75, 3.05) is 6.54 Å². The van der Waals surface area contributed by atoms with E-state index in [0.717, 1.165) is 37.2 Å². The third-order valence-electron chi connectivity index (χ3n) is 6.12. The molecule has 2 atom stereocenters. The quantitative estimate of drug-likeness (QED) is 0.549. The van der Waals surface area contributed by atoms with Crippen LogP contribution in [-0.4, -0.2) is 29.4 Å². The van der Waals surface area contributed by atoms with Crippen molar-refractivity contribution in [3.63, 3.8) is 0 Å². The van der Waals surface area contributed by atoms with Crippen molar-refractivity contribution in [1.29, 1.82) is 0 Å². The average Bonchev–Trinajstić information content (AvgIpc) is 3.13. The molecule has 1 amide bonds. The highest BCUT2D eigenvalue weighted by Crippen LogP contribution is 2.31. The maximum Gasteiger partial charge on any atom is 0.416 e. The summed E-state index contributed by atoms with van der Waals surface area (Å²) in [5.41, 5.74) is 2.55. The number of nitrogens with one attached hydrogen (secondary N) is 1. The number of hydrogen-bond acceptors (Lipinski definition) is 2. The number of benzene rings is 3. The van der Waals surface area contributed by atoms with Crippen molar-refractivity contribution in [2.45, 2.75) is 38.1 Å². The van der Waals surface area contributed by atoms with E-state index in [2.05, 4.69) is 29.3 Å². The number of likely N-dealkylation sites (tertiary alicyclic amines) is 1. The molecular formula is C26H25F3N2O. The molecule has 1 saturated heterocycles. The summed E-state index contributed by atoms with van der Waals surface area (Å²) in [6.07, 6.45) is -3.46. The molecule has 3 aromatic rings. The lowest BCUT2D eigenvalue weighted by atomic mass is 10.0. The second-order valence-corrected chi connectivity index (χ2v) is 8.22. The van der Waals surface area contributed by atoms with Crippen LogP contribution in [0.1, 0.15) is 34.8 Å². The third kappa shape index (κ3) is 5.02. The molecule has 0 aliphatic carbocycles. The Bertz CT molecular complexity index is 1050. The zero-order chi connectivity index (χ0) is 22.7. The molecule has 3 nitrogen and oxygen atoms in total. The predicted octanol–water partition coefficient (Wildman–Crippen LogP) is 5.77. The van der Waals surface area contributed by atoms with Gasteiger partial charge in [0.2, 0.25) is 0 Å². The SMILES string of the molecule is CC1C(NC(=O)c2ccc(-c3ccc(C(F)(F)F)cc3)cc2)CCN1Cc1ccccc1. The maximum atomic E-state index is 12.8. The molecule has 4 rings (SSSR count). The first-order valence-electron chi connectivity index (χ1n) is 10.7. The molecule has 0 bridgehead atoms. The van der Waals surface area contributed by atoms with Crippen molar-refractivity contribution in [3.8, 4) is 11.1 Å². The lowest BCUT2D eigenvalue weighted by molar-refractivity contribution is -0.137. The van der Waals surface area contributed by atoms with Crippen LogP contribution in [0.4, 0.5) is 13.2 Å². The number of alkyl halides is 3. The van der Waals surface area contributed by atoms with E-state index in [-0.39, 0.29) is 18.0 Å². The molecule has 1 N–H and O–H groups in total. The highest BCUT2D eigenvalue weighted by atomic mass is 19.4. The zero-order valence-corrected chi connectivity index (χ0v) is 17.8. The van der Waals surface area contributed by atoms with Gasteiger partial charge in [-0.2, -0.15) is 13.2 Å². The van der Waals surface area contributed by atoms with Crippen molar-refractivity contribution >= 4 is 5.91 Å². The summed E-state index contributed by atoms with van der Waals surface area (Å²) in [7, 11) is 0. The maximum absolute atomic E-state index is 12.8. The Morgan fingerprint density at radius 1 is 0.938 bits per heavy atom. The smallest absolute Gasteiger partial charge is 0.348 e. The number of carbonyl (C=O) groups is 1. The number of amides is 1. The first-order chi connectivity index (χ1) is 15.3. The van der Waals surface area contributed by atoms with Crippen LogP contribution in [0.5, 0.6) is 0 Å². The first kappa shape index (κ1) is 22.1. The monoisotopic (exact) mass is 438 g/mol. The van der Waals surface area contributed by atoms with Crippen LogP contribution in [0.25, 0.3) is 11.1 Å². The second-order valence-electron chi connectivity index (χ2n) is 8.22. The molecule has 6 heteroatoms. The fourth-order valence-electron chi connectivity index (χ4n) is 4.16. The summed E-state index contributed by atoms with van der Waals surface area (Å²) in [5.74, 6) is -0.137. The molecule has 0 spiro atoms. The van der Waals surface area contributed by atoms with Gasteiger partial charge in [0.25, 0.3) is 5.91 Å². The molecule has 0 saturated carbocycles. The number of rotatable bonds is 5. The van der Waals surface area contributed by atoms with Gasteiger partial charge in [0, 0.05) is 30.7 Å². The Balaban J connectivity index is 1.37. The van der Waals surface area contributed by atoms with Crippen molar-refractivity contribution < 1.29 is 18.0 Å². The Labute approximate surface area is 185 Å². The van der Waals surface area contributed by atoms with Crippen LogP contribution in [0.2, 0.25) is 0 Å². The van der Waals surface area contributed by atoms with Crippen LogP contribution in [0.15, 0.2) is 78.9 Å². The summed E-state index contributed by atoms with van der Waals surface area (Å²) in [5, 5.41) is 3.14. The summed E-state index contributed by atoms with van der Waals surface area (Å²) in [6, 6.07) is 22.5. The summed E-state index contributed by atoms with van der Waals surface area (Å²) >= 11 is 0. The van der Waals surface area contributed by atoms with E-state index in [4.69, 9.17) is 0 Å². The van der Waals surface area contributed by atoms with Crippen molar-refractivity contribution in [2.24, 2.45) is 0 Å². The normalized spacial score (nSPS) is 19.1. The Morgan fingerprint density at radius 2 is 1.53 bits per heavy atom. The fourth-order valence-corrected chi connectivity index (χ4v) is 4.16. The van der Waals surface area contributed by atoms with Crippen molar-refractivity contribution in [1.82, 2.24) is 10.2 Å². The van der Waals surface area contributed by atoms with Gasteiger partial charge < -0.3 is 5.32 Å².